The van der Waals surface area contributed by atoms with Gasteiger partial charge in [0.2, 0.25) is 5.91 Å². The van der Waals surface area contributed by atoms with Crippen molar-refractivity contribution in [2.24, 2.45) is 11.5 Å². The van der Waals surface area contributed by atoms with E-state index in [1.54, 1.807) is 0 Å². The maximum absolute atomic E-state index is 10.5. The van der Waals surface area contributed by atoms with Gasteiger partial charge in [0.25, 0.3) is 0 Å². The van der Waals surface area contributed by atoms with Gasteiger partial charge in [0.1, 0.15) is 0 Å². The number of primary amides is 1. The Labute approximate surface area is 73.2 Å². The average Bonchev–Trinajstić information content (AvgIpc) is 2.03. The third kappa shape index (κ3) is 6.12. The number of rotatable bonds is 7. The molecule has 1 unspecified atom stereocenters. The van der Waals surface area contributed by atoms with E-state index in [4.69, 9.17) is 16.2 Å². The van der Waals surface area contributed by atoms with Crippen LogP contribution in [0.15, 0.2) is 0 Å². The summed E-state index contributed by atoms with van der Waals surface area (Å²) in [5, 5.41) is 0. The van der Waals surface area contributed by atoms with Crippen molar-refractivity contribution in [3.8, 4) is 0 Å². The highest BCUT2D eigenvalue weighted by Crippen LogP contribution is 1.91. The van der Waals surface area contributed by atoms with Crippen molar-refractivity contribution in [3.63, 3.8) is 0 Å². The van der Waals surface area contributed by atoms with Crippen LogP contribution in [0.3, 0.4) is 0 Å². The zero-order valence-corrected chi connectivity index (χ0v) is 7.58. The van der Waals surface area contributed by atoms with Crippen LogP contribution in [0.25, 0.3) is 0 Å². The van der Waals surface area contributed by atoms with Crippen LogP contribution in [-0.2, 0) is 9.53 Å². The Kier molecular flexibility index (Phi) is 6.70. The predicted molar refractivity (Wildman–Crippen MR) is 47.5 cm³/mol. The number of ether oxygens (including phenoxy) is 1. The van der Waals surface area contributed by atoms with Crippen LogP contribution in [0.2, 0.25) is 0 Å². The van der Waals surface area contributed by atoms with Crippen molar-refractivity contribution >= 4 is 5.91 Å². The summed E-state index contributed by atoms with van der Waals surface area (Å²) in [6.07, 6.45) is 2.67. The maximum atomic E-state index is 10.5. The summed E-state index contributed by atoms with van der Waals surface area (Å²) in [4.78, 5) is 10.5. The molecule has 0 aliphatic rings. The monoisotopic (exact) mass is 174 g/mol. The SMILES string of the molecule is CCCCOCCC(N)C(N)=O. The second kappa shape index (κ2) is 7.06. The van der Waals surface area contributed by atoms with Crippen LogP contribution in [0.1, 0.15) is 26.2 Å². The molecule has 0 heterocycles. The normalized spacial score (nSPS) is 12.8. The van der Waals surface area contributed by atoms with Crippen molar-refractivity contribution in [2.75, 3.05) is 13.2 Å². The van der Waals surface area contributed by atoms with Crippen molar-refractivity contribution in [1.82, 2.24) is 0 Å². The molecule has 0 spiro atoms. The van der Waals surface area contributed by atoms with E-state index in [1.807, 2.05) is 0 Å². The Balaban J connectivity index is 3.14. The van der Waals surface area contributed by atoms with Gasteiger partial charge in [0.05, 0.1) is 6.04 Å². The first kappa shape index (κ1) is 11.4. The largest absolute Gasteiger partial charge is 0.381 e. The van der Waals surface area contributed by atoms with Crippen LogP contribution in [0.5, 0.6) is 0 Å². The molecule has 0 aliphatic heterocycles. The fraction of sp³-hybridized carbons (Fsp3) is 0.875. The molecule has 1 atom stereocenters. The lowest BCUT2D eigenvalue weighted by Crippen LogP contribution is -2.37. The van der Waals surface area contributed by atoms with Gasteiger partial charge in [-0.2, -0.15) is 0 Å². The van der Waals surface area contributed by atoms with Gasteiger partial charge < -0.3 is 16.2 Å². The molecule has 0 aromatic rings. The van der Waals surface area contributed by atoms with Crippen LogP contribution >= 0.6 is 0 Å². The molecule has 0 rings (SSSR count). The summed E-state index contributed by atoms with van der Waals surface area (Å²) in [7, 11) is 0. The fourth-order valence-electron chi connectivity index (χ4n) is 0.701. The maximum Gasteiger partial charge on any atom is 0.234 e. The molecule has 0 saturated carbocycles. The smallest absolute Gasteiger partial charge is 0.234 e. The Morgan fingerprint density at radius 1 is 1.50 bits per heavy atom. The number of hydrogen-bond donors (Lipinski definition) is 2. The van der Waals surface area contributed by atoms with E-state index in [-0.39, 0.29) is 0 Å². The van der Waals surface area contributed by atoms with E-state index in [0.29, 0.717) is 13.0 Å². The summed E-state index contributed by atoms with van der Waals surface area (Å²) in [6, 6.07) is -0.563. The summed E-state index contributed by atoms with van der Waals surface area (Å²) >= 11 is 0. The van der Waals surface area contributed by atoms with Gasteiger partial charge in [-0.15, -0.1) is 0 Å². The Morgan fingerprint density at radius 2 is 2.17 bits per heavy atom. The quantitative estimate of drug-likeness (QED) is 0.533. The molecule has 4 nitrogen and oxygen atoms in total. The average molecular weight is 174 g/mol. The molecule has 4 N–H and O–H groups in total. The lowest BCUT2D eigenvalue weighted by atomic mass is 10.2. The van der Waals surface area contributed by atoms with E-state index < -0.39 is 11.9 Å². The molecule has 0 bridgehead atoms. The van der Waals surface area contributed by atoms with E-state index in [9.17, 15) is 4.79 Å². The Morgan fingerprint density at radius 3 is 2.67 bits per heavy atom. The highest BCUT2D eigenvalue weighted by Gasteiger charge is 2.07. The molecule has 0 fully saturated rings. The van der Waals surface area contributed by atoms with Gasteiger partial charge in [-0.1, -0.05) is 13.3 Å². The molecule has 4 heteroatoms. The van der Waals surface area contributed by atoms with Crippen LogP contribution < -0.4 is 11.5 Å². The lowest BCUT2D eigenvalue weighted by Gasteiger charge is -2.07. The van der Waals surface area contributed by atoms with Gasteiger partial charge >= 0.3 is 0 Å². The van der Waals surface area contributed by atoms with Crippen molar-refractivity contribution < 1.29 is 9.53 Å². The standard InChI is InChI=1S/C8H18N2O2/c1-2-3-5-12-6-4-7(9)8(10)11/h7H,2-6,9H2,1H3,(H2,10,11). The summed E-state index contributed by atoms with van der Waals surface area (Å²) in [5.41, 5.74) is 10.3. The Hall–Kier alpha value is -0.610. The summed E-state index contributed by atoms with van der Waals surface area (Å²) < 4.78 is 5.21. The van der Waals surface area contributed by atoms with E-state index in [1.165, 1.54) is 0 Å². The summed E-state index contributed by atoms with van der Waals surface area (Å²) in [6.45, 7) is 3.35. The van der Waals surface area contributed by atoms with Gasteiger partial charge in [-0.3, -0.25) is 4.79 Å². The number of nitrogens with two attached hydrogens (primary N) is 2. The van der Waals surface area contributed by atoms with Crippen LogP contribution in [0, 0.1) is 0 Å². The number of carbonyl (C=O) groups excluding carboxylic acids is 1. The minimum atomic E-state index is -0.563. The molecular weight excluding hydrogens is 156 g/mol. The minimum absolute atomic E-state index is 0.464. The number of amides is 1. The van der Waals surface area contributed by atoms with Crippen molar-refractivity contribution in [2.45, 2.75) is 32.2 Å². The molecule has 0 radical (unpaired) electrons. The topological polar surface area (TPSA) is 78.3 Å². The van der Waals surface area contributed by atoms with Gasteiger partial charge in [0.15, 0.2) is 0 Å². The molecule has 0 aromatic heterocycles. The molecular formula is C8H18N2O2. The zero-order valence-electron chi connectivity index (χ0n) is 7.58. The fourth-order valence-corrected chi connectivity index (χ4v) is 0.701. The highest BCUT2D eigenvalue weighted by molar-refractivity contribution is 5.79. The summed E-state index contributed by atoms with van der Waals surface area (Å²) in [5.74, 6) is -0.464. The first-order valence-electron chi connectivity index (χ1n) is 4.31. The second-order valence-electron chi connectivity index (χ2n) is 2.76. The number of carbonyl (C=O) groups is 1. The van der Waals surface area contributed by atoms with E-state index >= 15 is 0 Å². The second-order valence-corrected chi connectivity index (χ2v) is 2.76. The molecule has 0 aromatic carbocycles. The van der Waals surface area contributed by atoms with E-state index in [2.05, 4.69) is 6.92 Å². The molecule has 0 saturated heterocycles. The van der Waals surface area contributed by atoms with Gasteiger partial charge in [-0.05, 0) is 12.8 Å². The molecule has 0 aliphatic carbocycles. The van der Waals surface area contributed by atoms with E-state index in [0.717, 1.165) is 19.4 Å². The highest BCUT2D eigenvalue weighted by atomic mass is 16.5. The van der Waals surface area contributed by atoms with Gasteiger partial charge in [-0.25, -0.2) is 0 Å². The third-order valence-corrected chi connectivity index (χ3v) is 1.58. The first-order chi connectivity index (χ1) is 5.68. The lowest BCUT2D eigenvalue weighted by molar-refractivity contribution is -0.119. The Bertz CT molecular complexity index is 128. The molecule has 1 amide bonds. The zero-order chi connectivity index (χ0) is 9.40. The number of unbranched alkanes of at least 4 members (excludes halogenated alkanes) is 1. The third-order valence-electron chi connectivity index (χ3n) is 1.58. The minimum Gasteiger partial charge on any atom is -0.381 e. The molecule has 72 valence electrons. The first-order valence-corrected chi connectivity index (χ1v) is 4.31. The van der Waals surface area contributed by atoms with Crippen LogP contribution in [-0.4, -0.2) is 25.2 Å². The van der Waals surface area contributed by atoms with Crippen molar-refractivity contribution in [3.05, 3.63) is 0 Å². The predicted octanol–water partition coefficient (Wildman–Crippen LogP) is 0.00580. The van der Waals surface area contributed by atoms with Gasteiger partial charge in [0, 0.05) is 13.2 Å². The van der Waals surface area contributed by atoms with Crippen LogP contribution in [0.4, 0.5) is 0 Å². The van der Waals surface area contributed by atoms with Crippen molar-refractivity contribution in [1.29, 1.82) is 0 Å². The molecule has 12 heavy (non-hydrogen) atoms. The number of hydrogen-bond acceptors (Lipinski definition) is 3.